The van der Waals surface area contributed by atoms with Crippen LogP contribution in [0.4, 0.5) is 13.2 Å². The Morgan fingerprint density at radius 2 is 1.72 bits per heavy atom. The summed E-state index contributed by atoms with van der Waals surface area (Å²) in [6, 6.07) is 10.5. The summed E-state index contributed by atoms with van der Waals surface area (Å²) in [6.45, 7) is 6.00. The smallest absolute Gasteiger partial charge is 0.344 e. The number of aromatic nitrogens is 1. The Labute approximate surface area is 145 Å². The number of halogens is 3. The Morgan fingerprint density at radius 3 is 2.20 bits per heavy atom. The van der Waals surface area contributed by atoms with Crippen molar-refractivity contribution in [1.82, 2.24) is 10.3 Å². The summed E-state index contributed by atoms with van der Waals surface area (Å²) >= 11 is 0. The Kier molecular flexibility index (Phi) is 5.50. The van der Waals surface area contributed by atoms with Gasteiger partial charge in [-0.15, -0.1) is 0 Å². The van der Waals surface area contributed by atoms with E-state index in [1.807, 2.05) is 20.8 Å². The molecule has 0 saturated heterocycles. The van der Waals surface area contributed by atoms with Gasteiger partial charge in [0.05, 0.1) is 17.3 Å². The Balaban J connectivity index is 2.25. The van der Waals surface area contributed by atoms with Crippen LogP contribution in [-0.2, 0) is 6.18 Å². The highest BCUT2D eigenvalue weighted by Gasteiger charge is 2.31. The monoisotopic (exact) mass is 350 g/mol. The summed E-state index contributed by atoms with van der Waals surface area (Å²) in [5.74, 6) is -0.281. The molecular weight excluding hydrogens is 329 g/mol. The molecule has 2 rings (SSSR count). The molecule has 1 heterocycles. The topological polar surface area (TPSA) is 42.0 Å². The van der Waals surface area contributed by atoms with Crippen LogP contribution >= 0.6 is 0 Å². The summed E-state index contributed by atoms with van der Waals surface area (Å²) in [5.41, 5.74) is -0.0420. The van der Waals surface area contributed by atoms with Crippen molar-refractivity contribution in [3.05, 3.63) is 65.5 Å². The van der Waals surface area contributed by atoms with Crippen LogP contribution in [0, 0.1) is 5.41 Å². The number of hydrogen-bond donors (Lipinski definition) is 1. The summed E-state index contributed by atoms with van der Waals surface area (Å²) in [4.78, 5) is 16.4. The molecule has 2 aromatic rings. The zero-order chi connectivity index (χ0) is 18.7. The lowest BCUT2D eigenvalue weighted by atomic mass is 9.86. The van der Waals surface area contributed by atoms with Gasteiger partial charge in [0.1, 0.15) is 0 Å². The zero-order valence-electron chi connectivity index (χ0n) is 14.4. The molecule has 3 nitrogen and oxygen atoms in total. The number of pyridine rings is 1. The van der Waals surface area contributed by atoms with Crippen molar-refractivity contribution in [1.29, 1.82) is 0 Å². The summed E-state index contributed by atoms with van der Waals surface area (Å²) < 4.78 is 38.1. The van der Waals surface area contributed by atoms with Crippen LogP contribution in [0.15, 0.2) is 48.7 Å². The lowest BCUT2D eigenvalue weighted by molar-refractivity contribution is -0.137. The maximum Gasteiger partial charge on any atom is 0.417 e. The number of carbonyl (C=O) groups is 1. The molecule has 0 spiro atoms. The van der Waals surface area contributed by atoms with E-state index in [0.29, 0.717) is 17.7 Å². The van der Waals surface area contributed by atoms with E-state index < -0.39 is 17.8 Å². The van der Waals surface area contributed by atoms with Crippen molar-refractivity contribution < 1.29 is 18.0 Å². The van der Waals surface area contributed by atoms with Gasteiger partial charge in [-0.05, 0) is 36.1 Å². The molecule has 0 aliphatic heterocycles. The number of amides is 1. The van der Waals surface area contributed by atoms with Crippen LogP contribution in [0.25, 0.3) is 0 Å². The first-order valence-electron chi connectivity index (χ1n) is 7.95. The van der Waals surface area contributed by atoms with E-state index in [-0.39, 0.29) is 11.3 Å². The van der Waals surface area contributed by atoms with Crippen molar-refractivity contribution in [3.8, 4) is 0 Å². The van der Waals surface area contributed by atoms with E-state index in [1.165, 1.54) is 6.07 Å². The first-order chi connectivity index (χ1) is 11.6. The molecule has 1 unspecified atom stereocenters. The van der Waals surface area contributed by atoms with Crippen molar-refractivity contribution in [3.63, 3.8) is 0 Å². The van der Waals surface area contributed by atoms with E-state index >= 15 is 0 Å². The Morgan fingerprint density at radius 1 is 1.08 bits per heavy atom. The van der Waals surface area contributed by atoms with Gasteiger partial charge < -0.3 is 5.32 Å². The number of benzene rings is 1. The minimum absolute atomic E-state index is 0.140. The van der Waals surface area contributed by atoms with Crippen molar-refractivity contribution in [2.75, 3.05) is 0 Å². The van der Waals surface area contributed by atoms with Gasteiger partial charge in [-0.1, -0.05) is 39.0 Å². The molecule has 0 fully saturated rings. The van der Waals surface area contributed by atoms with E-state index in [2.05, 4.69) is 10.3 Å². The van der Waals surface area contributed by atoms with Gasteiger partial charge >= 0.3 is 6.18 Å². The Bertz CT molecular complexity index is 704. The number of carbonyl (C=O) groups excluding carboxylic acids is 1. The second-order valence-corrected chi connectivity index (χ2v) is 7.13. The maximum absolute atomic E-state index is 12.7. The van der Waals surface area contributed by atoms with Crippen LogP contribution in [-0.4, -0.2) is 10.9 Å². The summed E-state index contributed by atoms with van der Waals surface area (Å²) in [6.07, 6.45) is -3.08. The zero-order valence-corrected chi connectivity index (χ0v) is 14.4. The molecule has 0 saturated carbocycles. The molecule has 1 amide bonds. The highest BCUT2D eigenvalue weighted by Crippen LogP contribution is 2.32. The third-order valence-electron chi connectivity index (χ3n) is 3.63. The number of nitrogens with one attached hydrogen (secondary N) is 1. The number of nitrogens with zero attached hydrogens (tertiary/aromatic N) is 1. The molecule has 0 radical (unpaired) electrons. The van der Waals surface area contributed by atoms with Crippen LogP contribution < -0.4 is 5.32 Å². The van der Waals surface area contributed by atoms with E-state index in [0.717, 1.165) is 12.3 Å². The average molecular weight is 350 g/mol. The molecule has 1 aromatic carbocycles. The predicted octanol–water partition coefficient (Wildman–Crippen LogP) is 5.01. The van der Waals surface area contributed by atoms with Gasteiger partial charge in [-0.3, -0.25) is 9.78 Å². The van der Waals surface area contributed by atoms with Crippen molar-refractivity contribution in [2.45, 2.75) is 39.4 Å². The fourth-order valence-corrected chi connectivity index (χ4v) is 2.45. The molecular formula is C19H21F3N2O. The molecule has 0 aliphatic carbocycles. The van der Waals surface area contributed by atoms with E-state index in [9.17, 15) is 18.0 Å². The highest BCUT2D eigenvalue weighted by molar-refractivity contribution is 5.94. The molecule has 1 atom stereocenters. The fourth-order valence-electron chi connectivity index (χ4n) is 2.45. The summed E-state index contributed by atoms with van der Waals surface area (Å²) in [7, 11) is 0. The van der Waals surface area contributed by atoms with Gasteiger partial charge in [0, 0.05) is 11.8 Å². The minimum atomic E-state index is -4.43. The summed E-state index contributed by atoms with van der Waals surface area (Å²) in [5, 5.41) is 2.88. The maximum atomic E-state index is 12.7. The molecule has 0 bridgehead atoms. The second kappa shape index (κ2) is 7.25. The lowest BCUT2D eigenvalue weighted by Gasteiger charge is -2.26. The van der Waals surface area contributed by atoms with Gasteiger partial charge in [0.2, 0.25) is 0 Å². The van der Waals surface area contributed by atoms with Crippen molar-refractivity contribution >= 4 is 5.91 Å². The third kappa shape index (κ3) is 5.59. The number of rotatable bonds is 4. The van der Waals surface area contributed by atoms with Crippen LogP contribution in [0.1, 0.15) is 54.8 Å². The highest BCUT2D eigenvalue weighted by atomic mass is 19.4. The van der Waals surface area contributed by atoms with Crippen LogP contribution in [0.2, 0.25) is 0 Å². The largest absolute Gasteiger partial charge is 0.417 e. The van der Waals surface area contributed by atoms with Crippen LogP contribution in [0.3, 0.4) is 0 Å². The third-order valence-corrected chi connectivity index (χ3v) is 3.63. The first-order valence-corrected chi connectivity index (χ1v) is 7.95. The van der Waals surface area contributed by atoms with Gasteiger partial charge in [0.15, 0.2) is 0 Å². The minimum Gasteiger partial charge on any atom is -0.344 e. The Hall–Kier alpha value is -2.37. The van der Waals surface area contributed by atoms with Gasteiger partial charge in [-0.2, -0.15) is 13.2 Å². The second-order valence-electron chi connectivity index (χ2n) is 7.13. The number of alkyl halides is 3. The normalized spacial score (nSPS) is 13.4. The molecule has 6 heteroatoms. The first kappa shape index (κ1) is 19.0. The van der Waals surface area contributed by atoms with E-state index in [4.69, 9.17) is 0 Å². The fraction of sp³-hybridized carbons (Fsp3) is 0.368. The average Bonchev–Trinajstić information content (AvgIpc) is 2.53. The predicted molar refractivity (Wildman–Crippen MR) is 90.0 cm³/mol. The van der Waals surface area contributed by atoms with E-state index in [1.54, 1.807) is 30.3 Å². The quantitative estimate of drug-likeness (QED) is 0.842. The molecule has 25 heavy (non-hydrogen) atoms. The lowest BCUT2D eigenvalue weighted by Crippen LogP contribution is -2.32. The molecule has 0 aliphatic rings. The number of hydrogen-bond acceptors (Lipinski definition) is 2. The van der Waals surface area contributed by atoms with Crippen molar-refractivity contribution in [2.24, 2.45) is 5.41 Å². The SMILES string of the molecule is CC(C)(C)CC(NC(=O)c1ccccc1)c1ccc(C(F)(F)F)cn1. The molecule has 1 N–H and O–H groups in total. The molecule has 134 valence electrons. The molecule has 1 aromatic heterocycles. The van der Waals surface area contributed by atoms with Gasteiger partial charge in [0.25, 0.3) is 5.91 Å². The van der Waals surface area contributed by atoms with Crippen LogP contribution in [0.5, 0.6) is 0 Å². The standard InChI is InChI=1S/C19H21F3N2O/c1-18(2,3)11-16(24-17(25)13-7-5-4-6-8-13)15-10-9-14(12-23-15)19(20,21)22/h4-10,12,16H,11H2,1-3H3,(H,24,25). The van der Waals surface area contributed by atoms with Gasteiger partial charge in [-0.25, -0.2) is 0 Å².